The molecule has 0 unspecified atom stereocenters. The first-order chi connectivity index (χ1) is 12.0. The number of carbonyl (C=O) groups is 1. The van der Waals surface area contributed by atoms with Gasteiger partial charge in [-0.1, -0.05) is 0 Å². The first kappa shape index (κ1) is 21.8. The van der Waals surface area contributed by atoms with E-state index in [1.807, 2.05) is 29.1 Å². The van der Waals surface area contributed by atoms with Crippen LogP contribution in [0.3, 0.4) is 0 Å². The maximum atomic E-state index is 13.5. The second-order valence-corrected chi connectivity index (χ2v) is 5.04. The van der Waals surface area contributed by atoms with E-state index in [1.165, 1.54) is 7.05 Å². The van der Waals surface area contributed by atoms with Crippen LogP contribution >= 0.6 is 24.0 Å². The van der Waals surface area contributed by atoms with Gasteiger partial charge in [-0.3, -0.25) is 9.79 Å². The summed E-state index contributed by atoms with van der Waals surface area (Å²) >= 11 is 0. The molecule has 0 radical (unpaired) electrons. The highest BCUT2D eigenvalue weighted by molar-refractivity contribution is 14.0. The van der Waals surface area contributed by atoms with E-state index in [9.17, 15) is 18.0 Å². The van der Waals surface area contributed by atoms with Crippen molar-refractivity contribution in [3.8, 4) is 0 Å². The SMILES string of the molecule is CN=C(NCCn1cccc1)NCC(=O)Nc1ccc(F)c(F)c1F.I. The van der Waals surface area contributed by atoms with E-state index in [-0.39, 0.29) is 30.5 Å². The Hall–Kier alpha value is -2.24. The van der Waals surface area contributed by atoms with Gasteiger partial charge in [0.1, 0.15) is 0 Å². The third-order valence-corrected chi connectivity index (χ3v) is 3.28. The number of nitrogens with zero attached hydrogens (tertiary/aromatic N) is 2. The molecule has 0 fully saturated rings. The Morgan fingerprint density at radius 2 is 1.81 bits per heavy atom. The molecule has 0 saturated carbocycles. The lowest BCUT2D eigenvalue weighted by Gasteiger charge is -2.12. The standard InChI is InChI=1S/C16H18F3N5O.HI/c1-20-16(21-6-9-24-7-2-3-8-24)22-10-13(25)23-12-5-4-11(17)14(18)15(12)19;/h2-5,7-8H,6,9-10H2,1H3,(H,23,25)(H2,20,21,22);1H. The molecule has 0 atom stereocenters. The van der Waals surface area contributed by atoms with Crippen molar-refractivity contribution in [1.82, 2.24) is 15.2 Å². The fourth-order valence-corrected chi connectivity index (χ4v) is 2.02. The smallest absolute Gasteiger partial charge is 0.243 e. The van der Waals surface area contributed by atoms with Crippen LogP contribution in [-0.2, 0) is 11.3 Å². The summed E-state index contributed by atoms with van der Waals surface area (Å²) in [6.45, 7) is 1.06. The Morgan fingerprint density at radius 1 is 1.12 bits per heavy atom. The first-order valence-corrected chi connectivity index (χ1v) is 7.50. The maximum Gasteiger partial charge on any atom is 0.243 e. The number of benzene rings is 1. The average molecular weight is 481 g/mol. The van der Waals surface area contributed by atoms with Crippen LogP contribution in [0.25, 0.3) is 0 Å². The van der Waals surface area contributed by atoms with Crippen molar-refractivity contribution >= 4 is 41.5 Å². The van der Waals surface area contributed by atoms with Crippen molar-refractivity contribution in [3.63, 3.8) is 0 Å². The van der Waals surface area contributed by atoms with Gasteiger partial charge >= 0.3 is 0 Å². The number of amides is 1. The molecule has 0 aliphatic rings. The highest BCUT2D eigenvalue weighted by atomic mass is 127. The van der Waals surface area contributed by atoms with Gasteiger partial charge in [-0.05, 0) is 24.3 Å². The molecular formula is C16H19F3IN5O. The van der Waals surface area contributed by atoms with Crippen LogP contribution in [0.5, 0.6) is 0 Å². The van der Waals surface area contributed by atoms with Crippen molar-refractivity contribution in [2.75, 3.05) is 25.5 Å². The van der Waals surface area contributed by atoms with E-state index in [0.717, 1.165) is 12.1 Å². The molecule has 6 nitrogen and oxygen atoms in total. The van der Waals surface area contributed by atoms with Crippen molar-refractivity contribution in [2.24, 2.45) is 4.99 Å². The minimum Gasteiger partial charge on any atom is -0.355 e. The van der Waals surface area contributed by atoms with Crippen LogP contribution < -0.4 is 16.0 Å². The minimum absolute atomic E-state index is 0. The Bertz CT molecular complexity index is 753. The topological polar surface area (TPSA) is 70.5 Å². The van der Waals surface area contributed by atoms with Gasteiger partial charge in [-0.15, -0.1) is 24.0 Å². The molecule has 0 aliphatic carbocycles. The molecule has 0 bridgehead atoms. The van der Waals surface area contributed by atoms with Gasteiger partial charge in [0.25, 0.3) is 0 Å². The van der Waals surface area contributed by atoms with E-state index in [2.05, 4.69) is 20.9 Å². The second kappa shape index (κ2) is 10.7. The van der Waals surface area contributed by atoms with E-state index in [4.69, 9.17) is 0 Å². The lowest BCUT2D eigenvalue weighted by atomic mass is 10.2. The minimum atomic E-state index is -1.63. The van der Waals surface area contributed by atoms with Crippen LogP contribution in [-0.4, -0.2) is 36.6 Å². The molecule has 0 aliphatic heterocycles. The number of carbonyl (C=O) groups excluding carboxylic acids is 1. The third kappa shape index (κ3) is 6.24. The lowest BCUT2D eigenvalue weighted by Crippen LogP contribution is -2.42. The van der Waals surface area contributed by atoms with Crippen LogP contribution in [0, 0.1) is 17.5 Å². The number of hydrogen-bond donors (Lipinski definition) is 3. The molecule has 1 heterocycles. The molecule has 0 saturated heterocycles. The van der Waals surface area contributed by atoms with Crippen LogP contribution in [0.2, 0.25) is 0 Å². The molecule has 1 aromatic carbocycles. The molecule has 1 aromatic heterocycles. The zero-order valence-corrected chi connectivity index (χ0v) is 16.3. The summed E-state index contributed by atoms with van der Waals surface area (Å²) in [5.41, 5.74) is -0.429. The predicted molar refractivity (Wildman–Crippen MR) is 104 cm³/mol. The number of aromatic nitrogens is 1. The number of hydrogen-bond acceptors (Lipinski definition) is 2. The summed E-state index contributed by atoms with van der Waals surface area (Å²) in [5, 5.41) is 7.92. The fraction of sp³-hybridized carbons (Fsp3) is 0.250. The van der Waals surface area contributed by atoms with Crippen LogP contribution in [0.1, 0.15) is 0 Å². The summed E-state index contributed by atoms with van der Waals surface area (Å²) in [6, 6.07) is 5.52. The van der Waals surface area contributed by atoms with Crippen LogP contribution in [0.15, 0.2) is 41.7 Å². The molecule has 142 valence electrons. The third-order valence-electron chi connectivity index (χ3n) is 3.28. The van der Waals surface area contributed by atoms with Gasteiger partial charge < -0.3 is 20.5 Å². The quantitative estimate of drug-likeness (QED) is 0.257. The van der Waals surface area contributed by atoms with Gasteiger partial charge in [0, 0.05) is 32.5 Å². The summed E-state index contributed by atoms with van der Waals surface area (Å²) in [4.78, 5) is 15.7. The normalized spacial score (nSPS) is 10.8. The zero-order valence-electron chi connectivity index (χ0n) is 13.9. The summed E-state index contributed by atoms with van der Waals surface area (Å²) in [5.74, 6) is -4.64. The Labute approximate surface area is 165 Å². The molecule has 2 rings (SSSR count). The number of nitrogens with one attached hydrogen (secondary N) is 3. The van der Waals surface area contributed by atoms with Crippen molar-refractivity contribution in [2.45, 2.75) is 6.54 Å². The predicted octanol–water partition coefficient (Wildman–Crippen LogP) is 2.33. The zero-order chi connectivity index (χ0) is 18.2. The maximum absolute atomic E-state index is 13.5. The molecule has 1 amide bonds. The number of guanidine groups is 1. The summed E-state index contributed by atoms with van der Waals surface area (Å²) in [7, 11) is 1.54. The Morgan fingerprint density at radius 3 is 2.46 bits per heavy atom. The molecular weight excluding hydrogens is 462 g/mol. The summed E-state index contributed by atoms with van der Waals surface area (Å²) in [6.07, 6.45) is 3.84. The van der Waals surface area contributed by atoms with Crippen molar-refractivity contribution < 1.29 is 18.0 Å². The largest absolute Gasteiger partial charge is 0.355 e. The van der Waals surface area contributed by atoms with E-state index in [0.29, 0.717) is 19.0 Å². The highest BCUT2D eigenvalue weighted by Crippen LogP contribution is 2.19. The average Bonchev–Trinajstić information content (AvgIpc) is 3.12. The molecule has 26 heavy (non-hydrogen) atoms. The summed E-state index contributed by atoms with van der Waals surface area (Å²) < 4.78 is 41.4. The molecule has 10 heteroatoms. The van der Waals surface area contributed by atoms with Gasteiger partial charge in [-0.25, -0.2) is 13.2 Å². The lowest BCUT2D eigenvalue weighted by molar-refractivity contribution is -0.115. The molecule has 2 aromatic rings. The highest BCUT2D eigenvalue weighted by Gasteiger charge is 2.15. The monoisotopic (exact) mass is 481 g/mol. The number of anilines is 1. The van der Waals surface area contributed by atoms with Gasteiger partial charge in [0.15, 0.2) is 23.4 Å². The Kier molecular flexibility index (Phi) is 8.96. The molecule has 0 spiro atoms. The van der Waals surface area contributed by atoms with Gasteiger partial charge in [-0.2, -0.15) is 0 Å². The fourth-order valence-electron chi connectivity index (χ4n) is 2.02. The van der Waals surface area contributed by atoms with Crippen LogP contribution in [0.4, 0.5) is 18.9 Å². The first-order valence-electron chi connectivity index (χ1n) is 7.50. The van der Waals surface area contributed by atoms with E-state index >= 15 is 0 Å². The number of rotatable bonds is 6. The second-order valence-electron chi connectivity index (χ2n) is 5.04. The number of halogens is 4. The van der Waals surface area contributed by atoms with Crippen molar-refractivity contribution in [1.29, 1.82) is 0 Å². The molecule has 3 N–H and O–H groups in total. The van der Waals surface area contributed by atoms with E-state index < -0.39 is 29.0 Å². The number of aliphatic imine (C=N–C) groups is 1. The van der Waals surface area contributed by atoms with E-state index in [1.54, 1.807) is 0 Å². The van der Waals surface area contributed by atoms with Crippen molar-refractivity contribution in [3.05, 3.63) is 54.1 Å². The van der Waals surface area contributed by atoms with Gasteiger partial charge in [0.05, 0.1) is 12.2 Å². The van der Waals surface area contributed by atoms with Gasteiger partial charge in [0.2, 0.25) is 5.91 Å². The Balaban J connectivity index is 0.00000338.